The van der Waals surface area contributed by atoms with Gasteiger partial charge in [0.1, 0.15) is 21.9 Å². The standard InChI is InChI=1S/C17H17N7OS/c1-2-17-4-3-6-24(17)14-11(21-16(17)25)9-19-13(22-14)10-8-20-23-12(10)15-18-5-7-26-15/h5,7-9H,2-4,6H2,1H3,(H,20,23)(H,21,25)/t17-/m1/s1. The largest absolute Gasteiger partial charge is 0.340 e. The van der Waals surface area contributed by atoms with Crippen molar-refractivity contribution in [2.75, 3.05) is 16.8 Å². The quantitative estimate of drug-likeness (QED) is 0.738. The summed E-state index contributed by atoms with van der Waals surface area (Å²) < 4.78 is 0. The van der Waals surface area contributed by atoms with Crippen LogP contribution < -0.4 is 10.2 Å². The fourth-order valence-electron chi connectivity index (χ4n) is 3.95. The van der Waals surface area contributed by atoms with Gasteiger partial charge in [0.2, 0.25) is 5.91 Å². The molecule has 0 aromatic carbocycles. The molecule has 3 aromatic rings. The number of hydrogen-bond acceptors (Lipinski definition) is 7. The van der Waals surface area contributed by atoms with Gasteiger partial charge in [-0.2, -0.15) is 5.10 Å². The maximum atomic E-state index is 12.7. The Hall–Kier alpha value is -2.81. The highest BCUT2D eigenvalue weighted by Crippen LogP contribution is 2.44. The molecular formula is C17H17N7OS. The SMILES string of the molecule is CC[C@]12CCCN1c1nc(-c3cn[nH]c3-c3nccs3)ncc1NC2=O. The summed E-state index contributed by atoms with van der Waals surface area (Å²) in [6, 6.07) is 0. The van der Waals surface area contributed by atoms with E-state index in [1.807, 2.05) is 5.38 Å². The van der Waals surface area contributed by atoms with Gasteiger partial charge in [0.05, 0.1) is 18.0 Å². The number of H-pyrrole nitrogens is 1. The lowest BCUT2D eigenvalue weighted by Crippen LogP contribution is -2.56. The molecule has 2 aliphatic heterocycles. The number of rotatable bonds is 3. The van der Waals surface area contributed by atoms with Crippen molar-refractivity contribution in [3.8, 4) is 22.1 Å². The first-order valence-corrected chi connectivity index (χ1v) is 9.50. The number of hydrogen-bond donors (Lipinski definition) is 2. The Labute approximate surface area is 153 Å². The van der Waals surface area contributed by atoms with Gasteiger partial charge in [-0.1, -0.05) is 6.92 Å². The van der Waals surface area contributed by atoms with Crippen LogP contribution >= 0.6 is 11.3 Å². The summed E-state index contributed by atoms with van der Waals surface area (Å²) in [5.41, 5.74) is 1.79. The van der Waals surface area contributed by atoms with E-state index >= 15 is 0 Å². The van der Waals surface area contributed by atoms with Gasteiger partial charge in [0.25, 0.3) is 0 Å². The average Bonchev–Trinajstić information content (AvgIpc) is 3.40. The topological polar surface area (TPSA) is 99.7 Å². The lowest BCUT2D eigenvalue weighted by molar-refractivity contribution is -0.121. The molecular weight excluding hydrogens is 350 g/mol. The number of carbonyl (C=O) groups is 1. The molecule has 0 radical (unpaired) electrons. The van der Waals surface area contributed by atoms with E-state index in [9.17, 15) is 4.79 Å². The second-order valence-corrected chi connectivity index (χ2v) is 7.42. The van der Waals surface area contributed by atoms with E-state index in [-0.39, 0.29) is 5.91 Å². The lowest BCUT2D eigenvalue weighted by Gasteiger charge is -2.41. The van der Waals surface area contributed by atoms with Gasteiger partial charge in [-0.05, 0) is 19.3 Å². The fourth-order valence-corrected chi connectivity index (χ4v) is 4.60. The number of nitrogens with one attached hydrogen (secondary N) is 2. The minimum Gasteiger partial charge on any atom is -0.340 e. The van der Waals surface area contributed by atoms with Crippen LogP contribution in [0.4, 0.5) is 11.5 Å². The predicted octanol–water partition coefficient (Wildman–Crippen LogP) is 2.69. The van der Waals surface area contributed by atoms with Gasteiger partial charge in [-0.3, -0.25) is 9.89 Å². The zero-order valence-corrected chi connectivity index (χ0v) is 15.0. The Morgan fingerprint density at radius 2 is 2.27 bits per heavy atom. The lowest BCUT2D eigenvalue weighted by atomic mass is 9.90. The van der Waals surface area contributed by atoms with Gasteiger partial charge in [-0.15, -0.1) is 11.3 Å². The van der Waals surface area contributed by atoms with Crippen molar-refractivity contribution < 1.29 is 4.79 Å². The van der Waals surface area contributed by atoms with E-state index in [4.69, 9.17) is 4.98 Å². The van der Waals surface area contributed by atoms with E-state index in [0.717, 1.165) is 47.9 Å². The number of thiazole rings is 1. The minimum absolute atomic E-state index is 0.0492. The molecule has 26 heavy (non-hydrogen) atoms. The summed E-state index contributed by atoms with van der Waals surface area (Å²) in [5, 5.41) is 12.9. The molecule has 0 spiro atoms. The Kier molecular flexibility index (Phi) is 3.33. The van der Waals surface area contributed by atoms with Crippen LogP contribution in [0, 0.1) is 0 Å². The van der Waals surface area contributed by atoms with Gasteiger partial charge in [0.15, 0.2) is 11.6 Å². The number of nitrogens with zero attached hydrogens (tertiary/aromatic N) is 5. The van der Waals surface area contributed by atoms with E-state index in [1.165, 1.54) is 11.3 Å². The van der Waals surface area contributed by atoms with Crippen LogP contribution in [0.2, 0.25) is 0 Å². The fraction of sp³-hybridized carbons (Fsp3) is 0.353. The summed E-state index contributed by atoms with van der Waals surface area (Å²) in [6.45, 7) is 2.89. The second-order valence-electron chi connectivity index (χ2n) is 6.52. The summed E-state index contributed by atoms with van der Waals surface area (Å²) in [6.07, 6.45) is 7.75. The third-order valence-corrected chi connectivity index (χ3v) is 6.09. The Balaban J connectivity index is 1.63. The molecule has 1 saturated heterocycles. The zero-order chi connectivity index (χ0) is 17.7. The monoisotopic (exact) mass is 367 g/mol. The molecule has 0 unspecified atom stereocenters. The van der Waals surface area contributed by atoms with Crippen molar-refractivity contribution in [3.05, 3.63) is 24.0 Å². The molecule has 2 aliphatic rings. The van der Waals surface area contributed by atoms with Crippen LogP contribution in [0.1, 0.15) is 26.2 Å². The van der Waals surface area contributed by atoms with Crippen molar-refractivity contribution >= 4 is 28.7 Å². The first-order valence-electron chi connectivity index (χ1n) is 8.62. The van der Waals surface area contributed by atoms with Crippen molar-refractivity contribution in [1.82, 2.24) is 25.1 Å². The number of anilines is 2. The highest BCUT2D eigenvalue weighted by atomic mass is 32.1. The third kappa shape index (κ3) is 2.03. The third-order valence-electron chi connectivity index (χ3n) is 5.30. The van der Waals surface area contributed by atoms with E-state index in [0.29, 0.717) is 11.5 Å². The minimum atomic E-state index is -0.493. The van der Waals surface area contributed by atoms with Crippen LogP contribution in [-0.2, 0) is 4.79 Å². The Morgan fingerprint density at radius 3 is 3.08 bits per heavy atom. The molecule has 0 bridgehead atoms. The first-order chi connectivity index (χ1) is 12.7. The van der Waals surface area contributed by atoms with Crippen LogP contribution in [0.3, 0.4) is 0 Å². The van der Waals surface area contributed by atoms with Crippen molar-refractivity contribution in [2.24, 2.45) is 0 Å². The molecule has 1 atom stereocenters. The van der Waals surface area contributed by atoms with Crippen molar-refractivity contribution in [1.29, 1.82) is 0 Å². The number of fused-ring (bicyclic) bond motifs is 3. The van der Waals surface area contributed by atoms with Gasteiger partial charge in [0, 0.05) is 18.1 Å². The predicted molar refractivity (Wildman–Crippen MR) is 99.0 cm³/mol. The van der Waals surface area contributed by atoms with Gasteiger partial charge >= 0.3 is 0 Å². The molecule has 5 rings (SSSR count). The van der Waals surface area contributed by atoms with Crippen LogP contribution in [0.15, 0.2) is 24.0 Å². The highest BCUT2D eigenvalue weighted by Gasteiger charge is 2.50. The average molecular weight is 367 g/mol. The van der Waals surface area contributed by atoms with E-state index in [2.05, 4.69) is 37.3 Å². The zero-order valence-electron chi connectivity index (χ0n) is 14.2. The molecule has 132 valence electrons. The maximum Gasteiger partial charge on any atom is 0.250 e. The van der Waals surface area contributed by atoms with Crippen LogP contribution in [0.25, 0.3) is 22.1 Å². The number of aromatic amines is 1. The Morgan fingerprint density at radius 1 is 1.35 bits per heavy atom. The second kappa shape index (κ2) is 5.60. The van der Waals surface area contributed by atoms with Gasteiger partial charge in [-0.25, -0.2) is 15.0 Å². The first kappa shape index (κ1) is 15.4. The van der Waals surface area contributed by atoms with E-state index < -0.39 is 5.54 Å². The number of carbonyl (C=O) groups excluding carboxylic acids is 1. The smallest absolute Gasteiger partial charge is 0.250 e. The summed E-state index contributed by atoms with van der Waals surface area (Å²) in [5.74, 6) is 1.42. The molecule has 2 N–H and O–H groups in total. The molecule has 9 heteroatoms. The Bertz CT molecular complexity index is 983. The maximum absolute atomic E-state index is 12.7. The van der Waals surface area contributed by atoms with Crippen molar-refractivity contribution in [3.63, 3.8) is 0 Å². The van der Waals surface area contributed by atoms with Crippen LogP contribution in [0.5, 0.6) is 0 Å². The molecule has 8 nitrogen and oxygen atoms in total. The molecule has 1 amide bonds. The summed E-state index contributed by atoms with van der Waals surface area (Å²) in [7, 11) is 0. The molecule has 0 saturated carbocycles. The highest BCUT2D eigenvalue weighted by molar-refractivity contribution is 7.13. The number of amides is 1. The molecule has 1 fully saturated rings. The summed E-state index contributed by atoms with van der Waals surface area (Å²) >= 11 is 1.53. The summed E-state index contributed by atoms with van der Waals surface area (Å²) in [4.78, 5) is 28.5. The van der Waals surface area contributed by atoms with Gasteiger partial charge < -0.3 is 10.2 Å². The molecule has 5 heterocycles. The number of aromatic nitrogens is 5. The van der Waals surface area contributed by atoms with E-state index in [1.54, 1.807) is 18.6 Å². The molecule has 3 aromatic heterocycles. The normalized spacial score (nSPS) is 21.4. The molecule has 0 aliphatic carbocycles. The van der Waals surface area contributed by atoms with Crippen LogP contribution in [-0.4, -0.2) is 43.1 Å². The van der Waals surface area contributed by atoms with Crippen molar-refractivity contribution in [2.45, 2.75) is 31.7 Å².